The molecular formula is C22H23FN2O2. The SMILES string of the molecule is CC(C)CC(=O)Nc1ccc(C(=O)N2CCC=Cc3ccccc32)cc1F. The van der Waals surface area contributed by atoms with Crippen molar-refractivity contribution in [3.63, 3.8) is 0 Å². The molecule has 0 radical (unpaired) electrons. The number of amides is 2. The van der Waals surface area contributed by atoms with E-state index in [0.717, 1.165) is 17.7 Å². The van der Waals surface area contributed by atoms with Gasteiger partial charge in [0.2, 0.25) is 5.91 Å². The van der Waals surface area contributed by atoms with Crippen LogP contribution in [0.2, 0.25) is 0 Å². The molecule has 1 aliphatic heterocycles. The molecule has 27 heavy (non-hydrogen) atoms. The smallest absolute Gasteiger partial charge is 0.258 e. The molecule has 0 saturated heterocycles. The summed E-state index contributed by atoms with van der Waals surface area (Å²) in [7, 11) is 0. The molecule has 0 unspecified atom stereocenters. The third-order valence-corrected chi connectivity index (χ3v) is 4.37. The topological polar surface area (TPSA) is 49.4 Å². The second-order valence-electron chi connectivity index (χ2n) is 7.05. The summed E-state index contributed by atoms with van der Waals surface area (Å²) in [5.41, 5.74) is 2.12. The lowest BCUT2D eigenvalue weighted by Gasteiger charge is -2.23. The van der Waals surface area contributed by atoms with Crippen LogP contribution in [-0.4, -0.2) is 18.4 Å². The lowest BCUT2D eigenvalue weighted by molar-refractivity contribution is -0.116. The van der Waals surface area contributed by atoms with Gasteiger partial charge in [-0.1, -0.05) is 44.2 Å². The summed E-state index contributed by atoms with van der Waals surface area (Å²) in [6.07, 6.45) is 5.07. The monoisotopic (exact) mass is 366 g/mol. The van der Waals surface area contributed by atoms with E-state index in [4.69, 9.17) is 0 Å². The van der Waals surface area contributed by atoms with Crippen LogP contribution < -0.4 is 10.2 Å². The van der Waals surface area contributed by atoms with E-state index in [1.807, 2.05) is 50.3 Å². The fourth-order valence-corrected chi connectivity index (χ4v) is 3.10. The number of carbonyl (C=O) groups is 2. The first kappa shape index (κ1) is 18.8. The van der Waals surface area contributed by atoms with E-state index in [-0.39, 0.29) is 29.0 Å². The number of halogens is 1. The molecule has 0 saturated carbocycles. The van der Waals surface area contributed by atoms with E-state index in [1.165, 1.54) is 12.1 Å². The van der Waals surface area contributed by atoms with Gasteiger partial charge in [0, 0.05) is 18.5 Å². The van der Waals surface area contributed by atoms with Gasteiger partial charge in [-0.25, -0.2) is 4.39 Å². The van der Waals surface area contributed by atoms with Crippen LogP contribution in [0.5, 0.6) is 0 Å². The molecule has 3 rings (SSSR count). The van der Waals surface area contributed by atoms with Crippen LogP contribution in [0.1, 0.15) is 42.6 Å². The molecule has 0 aliphatic carbocycles. The Balaban J connectivity index is 1.82. The molecule has 0 spiro atoms. The van der Waals surface area contributed by atoms with Crippen molar-refractivity contribution in [1.29, 1.82) is 0 Å². The van der Waals surface area contributed by atoms with Gasteiger partial charge in [0.25, 0.3) is 5.91 Å². The predicted octanol–water partition coefficient (Wildman–Crippen LogP) is 4.87. The highest BCUT2D eigenvalue weighted by atomic mass is 19.1. The molecule has 0 aromatic heterocycles. The number of anilines is 2. The minimum Gasteiger partial charge on any atom is -0.324 e. The Bertz CT molecular complexity index is 890. The number of carbonyl (C=O) groups excluding carboxylic acids is 2. The zero-order chi connectivity index (χ0) is 19.4. The Morgan fingerprint density at radius 3 is 2.70 bits per heavy atom. The Labute approximate surface area is 158 Å². The summed E-state index contributed by atoms with van der Waals surface area (Å²) in [6.45, 7) is 4.37. The molecule has 1 N–H and O–H groups in total. The molecule has 1 aliphatic rings. The molecule has 0 atom stereocenters. The maximum Gasteiger partial charge on any atom is 0.258 e. The lowest BCUT2D eigenvalue weighted by atomic mass is 10.1. The van der Waals surface area contributed by atoms with Gasteiger partial charge in [0.15, 0.2) is 0 Å². The molecule has 0 fully saturated rings. The van der Waals surface area contributed by atoms with Crippen molar-refractivity contribution in [3.8, 4) is 0 Å². The third-order valence-electron chi connectivity index (χ3n) is 4.37. The molecule has 2 aromatic rings. The first-order valence-electron chi connectivity index (χ1n) is 9.12. The van der Waals surface area contributed by atoms with E-state index in [0.29, 0.717) is 13.0 Å². The number of nitrogens with one attached hydrogen (secondary N) is 1. The van der Waals surface area contributed by atoms with Gasteiger partial charge in [0.1, 0.15) is 5.82 Å². The van der Waals surface area contributed by atoms with Crippen LogP contribution in [0.4, 0.5) is 15.8 Å². The van der Waals surface area contributed by atoms with Crippen LogP contribution >= 0.6 is 0 Å². The largest absolute Gasteiger partial charge is 0.324 e. The van der Waals surface area contributed by atoms with Crippen molar-refractivity contribution in [3.05, 3.63) is 65.5 Å². The van der Waals surface area contributed by atoms with Gasteiger partial charge in [-0.15, -0.1) is 0 Å². The van der Waals surface area contributed by atoms with Gasteiger partial charge < -0.3 is 10.2 Å². The van der Waals surface area contributed by atoms with Crippen LogP contribution in [0, 0.1) is 11.7 Å². The standard InChI is InChI=1S/C22H23FN2O2/c1-15(2)13-21(26)24-19-11-10-17(14-18(19)23)22(27)25-12-6-5-8-16-7-3-4-9-20(16)25/h3-5,7-11,14-15H,6,12-13H2,1-2H3,(H,24,26). The molecule has 5 heteroatoms. The maximum absolute atomic E-state index is 14.5. The van der Waals surface area contributed by atoms with Crippen molar-refractivity contribution in [2.45, 2.75) is 26.7 Å². The second-order valence-corrected chi connectivity index (χ2v) is 7.05. The number of benzene rings is 2. The fourth-order valence-electron chi connectivity index (χ4n) is 3.10. The highest BCUT2D eigenvalue weighted by Gasteiger charge is 2.21. The van der Waals surface area contributed by atoms with Crippen LogP contribution in [-0.2, 0) is 4.79 Å². The van der Waals surface area contributed by atoms with Gasteiger partial charge in [-0.3, -0.25) is 9.59 Å². The van der Waals surface area contributed by atoms with Gasteiger partial charge >= 0.3 is 0 Å². The third kappa shape index (κ3) is 4.42. The van der Waals surface area contributed by atoms with E-state index in [9.17, 15) is 14.0 Å². The molecule has 0 bridgehead atoms. The number of rotatable bonds is 4. The summed E-state index contributed by atoms with van der Waals surface area (Å²) in [4.78, 5) is 26.5. The summed E-state index contributed by atoms with van der Waals surface area (Å²) in [5.74, 6) is -0.926. The van der Waals surface area contributed by atoms with Crippen LogP contribution in [0.3, 0.4) is 0 Å². The zero-order valence-corrected chi connectivity index (χ0v) is 15.5. The highest BCUT2D eigenvalue weighted by Crippen LogP contribution is 2.27. The van der Waals surface area contributed by atoms with E-state index in [2.05, 4.69) is 5.32 Å². The molecule has 4 nitrogen and oxygen atoms in total. The maximum atomic E-state index is 14.5. The van der Waals surface area contributed by atoms with Gasteiger partial charge in [0.05, 0.1) is 11.4 Å². The molecular weight excluding hydrogens is 343 g/mol. The molecule has 140 valence electrons. The Morgan fingerprint density at radius 1 is 1.19 bits per heavy atom. The van der Waals surface area contributed by atoms with Crippen LogP contribution in [0.25, 0.3) is 6.08 Å². The summed E-state index contributed by atoms with van der Waals surface area (Å²) in [5, 5.41) is 2.56. The first-order chi connectivity index (χ1) is 13.0. The van der Waals surface area contributed by atoms with Crippen molar-refractivity contribution < 1.29 is 14.0 Å². The van der Waals surface area contributed by atoms with Crippen molar-refractivity contribution in [1.82, 2.24) is 0 Å². The van der Waals surface area contributed by atoms with Crippen molar-refractivity contribution in [2.75, 3.05) is 16.8 Å². The summed E-state index contributed by atoms with van der Waals surface area (Å²) >= 11 is 0. The number of fused-ring (bicyclic) bond motifs is 1. The van der Waals surface area contributed by atoms with E-state index >= 15 is 0 Å². The summed E-state index contributed by atoms with van der Waals surface area (Å²) in [6, 6.07) is 11.8. The normalized spacial score (nSPS) is 13.3. The Hall–Kier alpha value is -2.95. The fraction of sp³-hybridized carbons (Fsp3) is 0.273. The first-order valence-corrected chi connectivity index (χ1v) is 9.12. The summed E-state index contributed by atoms with van der Waals surface area (Å²) < 4.78 is 14.5. The van der Waals surface area contributed by atoms with Gasteiger partial charge in [-0.05, 0) is 42.2 Å². The quantitative estimate of drug-likeness (QED) is 0.839. The number of hydrogen-bond donors (Lipinski definition) is 1. The average molecular weight is 366 g/mol. The van der Waals surface area contributed by atoms with Crippen LogP contribution in [0.15, 0.2) is 48.5 Å². The minimum atomic E-state index is -0.612. The number of nitrogens with zero attached hydrogens (tertiary/aromatic N) is 1. The zero-order valence-electron chi connectivity index (χ0n) is 15.5. The Kier molecular flexibility index (Phi) is 5.69. The minimum absolute atomic E-state index is 0.0927. The molecule has 2 amide bonds. The van der Waals surface area contributed by atoms with Crippen molar-refractivity contribution in [2.24, 2.45) is 5.92 Å². The number of para-hydroxylation sites is 1. The van der Waals surface area contributed by atoms with Crippen molar-refractivity contribution >= 4 is 29.3 Å². The second kappa shape index (κ2) is 8.16. The lowest BCUT2D eigenvalue weighted by Crippen LogP contribution is -2.32. The predicted molar refractivity (Wildman–Crippen MR) is 106 cm³/mol. The molecule has 1 heterocycles. The van der Waals surface area contributed by atoms with E-state index in [1.54, 1.807) is 11.0 Å². The Morgan fingerprint density at radius 2 is 1.96 bits per heavy atom. The highest BCUT2D eigenvalue weighted by molar-refractivity contribution is 6.07. The van der Waals surface area contributed by atoms with Gasteiger partial charge in [-0.2, -0.15) is 0 Å². The average Bonchev–Trinajstić information content (AvgIpc) is 2.84. The number of hydrogen-bond acceptors (Lipinski definition) is 2. The van der Waals surface area contributed by atoms with E-state index < -0.39 is 5.82 Å². The molecule has 2 aromatic carbocycles.